The first-order valence-electron chi connectivity index (χ1n) is 8.68. The van der Waals surface area contributed by atoms with Gasteiger partial charge in [-0.25, -0.2) is 22.7 Å². The smallest absolute Gasteiger partial charge is 0.314 e. The Kier molecular flexibility index (Phi) is 5.48. The SMILES string of the molecule is NS(=O)(=O)c1ccc(CCNC(=O)NCC2(c3ccc(F)cc3)CC2)cc1. The topological polar surface area (TPSA) is 101 Å². The van der Waals surface area contributed by atoms with Crippen LogP contribution in [0.1, 0.15) is 24.0 Å². The lowest BCUT2D eigenvalue weighted by molar-refractivity contribution is 0.240. The van der Waals surface area contributed by atoms with Crippen molar-refractivity contribution in [2.24, 2.45) is 5.14 Å². The average molecular weight is 391 g/mol. The third-order valence-corrected chi connectivity index (χ3v) is 5.78. The molecule has 0 spiro atoms. The largest absolute Gasteiger partial charge is 0.338 e. The van der Waals surface area contributed by atoms with E-state index < -0.39 is 10.0 Å². The third kappa shape index (κ3) is 5.05. The fourth-order valence-electron chi connectivity index (χ4n) is 3.00. The number of nitrogens with two attached hydrogens (primary N) is 1. The molecule has 4 N–H and O–H groups in total. The summed E-state index contributed by atoms with van der Waals surface area (Å²) in [5, 5.41) is 10.7. The minimum Gasteiger partial charge on any atom is -0.338 e. The summed E-state index contributed by atoms with van der Waals surface area (Å²) in [6.07, 6.45) is 2.51. The van der Waals surface area contributed by atoms with Crippen molar-refractivity contribution in [1.29, 1.82) is 0 Å². The molecule has 0 unspecified atom stereocenters. The van der Waals surface area contributed by atoms with Crippen molar-refractivity contribution in [3.63, 3.8) is 0 Å². The van der Waals surface area contributed by atoms with E-state index >= 15 is 0 Å². The Morgan fingerprint density at radius 1 is 1.04 bits per heavy atom. The molecule has 6 nitrogen and oxygen atoms in total. The van der Waals surface area contributed by atoms with Crippen molar-refractivity contribution in [2.75, 3.05) is 13.1 Å². The number of nitrogens with one attached hydrogen (secondary N) is 2. The zero-order valence-electron chi connectivity index (χ0n) is 14.7. The van der Waals surface area contributed by atoms with Gasteiger partial charge in [-0.3, -0.25) is 0 Å². The van der Waals surface area contributed by atoms with Crippen LogP contribution in [0.15, 0.2) is 53.4 Å². The van der Waals surface area contributed by atoms with Crippen LogP contribution in [0.5, 0.6) is 0 Å². The zero-order valence-corrected chi connectivity index (χ0v) is 15.6. The summed E-state index contributed by atoms with van der Waals surface area (Å²) in [5.74, 6) is -0.266. The number of carbonyl (C=O) groups excluding carboxylic acids is 1. The van der Waals surface area contributed by atoms with Gasteiger partial charge in [0.25, 0.3) is 0 Å². The summed E-state index contributed by atoms with van der Waals surface area (Å²) in [6, 6.07) is 12.4. The Bertz CT molecular complexity index is 908. The van der Waals surface area contributed by atoms with Crippen LogP contribution < -0.4 is 15.8 Å². The van der Waals surface area contributed by atoms with Crippen LogP contribution in [0.4, 0.5) is 9.18 Å². The second-order valence-corrected chi connectivity index (χ2v) is 8.40. The van der Waals surface area contributed by atoms with Crippen molar-refractivity contribution in [3.8, 4) is 0 Å². The van der Waals surface area contributed by atoms with E-state index in [1.54, 1.807) is 24.3 Å². The minimum absolute atomic E-state index is 0.0625. The van der Waals surface area contributed by atoms with Crippen molar-refractivity contribution >= 4 is 16.1 Å². The summed E-state index contributed by atoms with van der Waals surface area (Å²) in [4.78, 5) is 12.1. The highest BCUT2D eigenvalue weighted by atomic mass is 32.2. The van der Waals surface area contributed by atoms with E-state index in [0.29, 0.717) is 19.5 Å². The molecule has 0 aliphatic heterocycles. The van der Waals surface area contributed by atoms with Crippen molar-refractivity contribution in [3.05, 3.63) is 65.5 Å². The fraction of sp³-hybridized carbons (Fsp3) is 0.316. The molecule has 144 valence electrons. The number of carbonyl (C=O) groups is 1. The predicted octanol–water partition coefficient (Wildman–Crippen LogP) is 2.05. The summed E-state index contributed by atoms with van der Waals surface area (Å²) in [7, 11) is -3.69. The molecule has 1 fully saturated rings. The van der Waals surface area contributed by atoms with E-state index in [2.05, 4.69) is 10.6 Å². The standard InChI is InChI=1S/C19H22FN3O3S/c20-16-5-3-15(4-6-16)19(10-11-19)13-23-18(24)22-12-9-14-1-7-17(8-2-14)27(21,25)26/h1-8H,9-13H2,(H2,21,25,26)(H2,22,23,24). The number of sulfonamides is 1. The molecule has 27 heavy (non-hydrogen) atoms. The minimum atomic E-state index is -3.69. The fourth-order valence-corrected chi connectivity index (χ4v) is 3.52. The number of halogens is 1. The van der Waals surface area contributed by atoms with E-state index in [-0.39, 0.29) is 22.2 Å². The zero-order chi connectivity index (χ0) is 19.5. The van der Waals surface area contributed by atoms with Gasteiger partial charge in [-0.15, -0.1) is 0 Å². The molecule has 0 aromatic heterocycles. The Hall–Kier alpha value is -2.45. The van der Waals surface area contributed by atoms with Crippen LogP contribution >= 0.6 is 0 Å². The molecule has 1 aliphatic carbocycles. The number of primary sulfonamides is 1. The van der Waals surface area contributed by atoms with E-state index in [1.165, 1.54) is 24.3 Å². The van der Waals surface area contributed by atoms with E-state index in [4.69, 9.17) is 5.14 Å². The van der Waals surface area contributed by atoms with Crippen LogP contribution in [-0.2, 0) is 21.9 Å². The van der Waals surface area contributed by atoms with Gasteiger partial charge >= 0.3 is 6.03 Å². The van der Waals surface area contributed by atoms with Crippen molar-refractivity contribution in [1.82, 2.24) is 10.6 Å². The number of urea groups is 1. The maximum atomic E-state index is 13.1. The lowest BCUT2D eigenvalue weighted by Gasteiger charge is -2.17. The lowest BCUT2D eigenvalue weighted by atomic mass is 9.96. The summed E-state index contributed by atoms with van der Waals surface area (Å²) >= 11 is 0. The molecule has 0 radical (unpaired) electrons. The maximum absolute atomic E-state index is 13.1. The Balaban J connectivity index is 1.43. The van der Waals surface area contributed by atoms with Gasteiger partial charge in [0.05, 0.1) is 4.90 Å². The monoisotopic (exact) mass is 391 g/mol. The van der Waals surface area contributed by atoms with Gasteiger partial charge in [0.2, 0.25) is 10.0 Å². The first-order valence-corrected chi connectivity index (χ1v) is 10.2. The van der Waals surface area contributed by atoms with Gasteiger partial charge in [0, 0.05) is 18.5 Å². The summed E-state index contributed by atoms with van der Waals surface area (Å²) < 4.78 is 35.5. The van der Waals surface area contributed by atoms with E-state index in [9.17, 15) is 17.6 Å². The second kappa shape index (κ2) is 7.66. The quantitative estimate of drug-likeness (QED) is 0.673. The van der Waals surface area contributed by atoms with Crippen LogP contribution in [0.3, 0.4) is 0 Å². The number of hydrogen-bond donors (Lipinski definition) is 3. The highest BCUT2D eigenvalue weighted by Gasteiger charge is 2.44. The lowest BCUT2D eigenvalue weighted by Crippen LogP contribution is -2.40. The second-order valence-electron chi connectivity index (χ2n) is 6.84. The molecule has 2 aromatic rings. The molecule has 3 rings (SSSR count). The number of hydrogen-bond acceptors (Lipinski definition) is 3. The van der Waals surface area contributed by atoms with E-state index in [0.717, 1.165) is 24.0 Å². The highest BCUT2D eigenvalue weighted by Crippen LogP contribution is 2.47. The molecule has 2 aromatic carbocycles. The van der Waals surface area contributed by atoms with Crippen LogP contribution in [0.25, 0.3) is 0 Å². The van der Waals surface area contributed by atoms with Gasteiger partial charge in [0.15, 0.2) is 0 Å². The van der Waals surface area contributed by atoms with Crippen molar-refractivity contribution in [2.45, 2.75) is 29.6 Å². The predicted molar refractivity (Wildman–Crippen MR) is 100 cm³/mol. The molecular weight excluding hydrogens is 369 g/mol. The average Bonchev–Trinajstić information content (AvgIpc) is 3.41. The summed E-state index contributed by atoms with van der Waals surface area (Å²) in [5.41, 5.74) is 1.85. The number of amides is 2. The normalized spacial score (nSPS) is 15.2. The Morgan fingerprint density at radius 3 is 2.22 bits per heavy atom. The third-order valence-electron chi connectivity index (χ3n) is 4.85. The van der Waals surface area contributed by atoms with Gasteiger partial charge in [-0.05, 0) is 54.7 Å². The van der Waals surface area contributed by atoms with Gasteiger partial charge in [0.1, 0.15) is 5.82 Å². The number of rotatable bonds is 7. The molecule has 1 aliphatic rings. The summed E-state index contributed by atoms with van der Waals surface area (Å²) in [6.45, 7) is 0.928. The molecule has 0 heterocycles. The van der Waals surface area contributed by atoms with Gasteiger partial charge < -0.3 is 10.6 Å². The molecular formula is C19H22FN3O3S. The molecule has 1 saturated carbocycles. The van der Waals surface area contributed by atoms with Gasteiger partial charge in [-0.2, -0.15) is 0 Å². The first-order chi connectivity index (χ1) is 12.8. The maximum Gasteiger partial charge on any atom is 0.314 e. The Labute approximate surface area is 158 Å². The molecule has 8 heteroatoms. The van der Waals surface area contributed by atoms with Crippen molar-refractivity contribution < 1.29 is 17.6 Å². The van der Waals surface area contributed by atoms with Crippen LogP contribution in [0, 0.1) is 5.82 Å². The van der Waals surface area contributed by atoms with Gasteiger partial charge in [-0.1, -0.05) is 24.3 Å². The first kappa shape index (κ1) is 19.3. The molecule has 0 bridgehead atoms. The molecule has 2 amide bonds. The van der Waals surface area contributed by atoms with Crippen LogP contribution in [-0.4, -0.2) is 27.5 Å². The highest BCUT2D eigenvalue weighted by molar-refractivity contribution is 7.89. The van der Waals surface area contributed by atoms with E-state index in [1.807, 2.05) is 0 Å². The molecule has 0 saturated heterocycles. The Morgan fingerprint density at radius 2 is 1.67 bits per heavy atom. The van der Waals surface area contributed by atoms with Crippen LogP contribution in [0.2, 0.25) is 0 Å². The molecule has 0 atom stereocenters. The number of benzene rings is 2.